The molecule has 1 aliphatic heterocycles. The molecule has 0 fully saturated rings. The third-order valence-corrected chi connectivity index (χ3v) is 5.01. The molecular formula is C22H23ClN4O2. The zero-order chi connectivity index (χ0) is 20.2. The number of benzene rings is 2. The minimum absolute atomic E-state index is 0.108. The van der Waals surface area contributed by atoms with E-state index < -0.39 is 0 Å². The summed E-state index contributed by atoms with van der Waals surface area (Å²) in [7, 11) is 0. The molecule has 1 atom stereocenters. The van der Waals surface area contributed by atoms with Gasteiger partial charge < -0.3 is 15.2 Å². The van der Waals surface area contributed by atoms with Gasteiger partial charge in [0.2, 0.25) is 5.95 Å². The Labute approximate surface area is 174 Å². The van der Waals surface area contributed by atoms with Crippen LogP contribution in [-0.2, 0) is 6.42 Å². The largest absolute Gasteiger partial charge is 0.494 e. The van der Waals surface area contributed by atoms with E-state index in [0.29, 0.717) is 36.2 Å². The Bertz CT molecular complexity index is 997. The van der Waals surface area contributed by atoms with Crippen molar-refractivity contribution >= 4 is 23.2 Å². The Morgan fingerprint density at radius 1 is 1.14 bits per heavy atom. The van der Waals surface area contributed by atoms with E-state index in [4.69, 9.17) is 21.4 Å². The summed E-state index contributed by atoms with van der Waals surface area (Å²) in [5.74, 6) is 2.24. The summed E-state index contributed by atoms with van der Waals surface area (Å²) in [5, 5.41) is 17.9. The number of anilines is 1. The van der Waals surface area contributed by atoms with E-state index in [2.05, 4.69) is 33.6 Å². The first-order valence-electron chi connectivity index (χ1n) is 9.71. The lowest BCUT2D eigenvalue weighted by molar-refractivity contribution is 0.287. The Hall–Kier alpha value is -2.83. The topological polar surface area (TPSA) is 72.2 Å². The maximum atomic E-state index is 9.13. The molecule has 1 aliphatic rings. The van der Waals surface area contributed by atoms with Crippen LogP contribution in [0, 0.1) is 0 Å². The van der Waals surface area contributed by atoms with Gasteiger partial charge in [-0.15, -0.1) is 0 Å². The third kappa shape index (κ3) is 4.28. The van der Waals surface area contributed by atoms with Crippen molar-refractivity contribution in [2.24, 2.45) is 0 Å². The highest BCUT2D eigenvalue weighted by Crippen LogP contribution is 2.33. The second-order valence-electron chi connectivity index (χ2n) is 6.78. The highest BCUT2D eigenvalue weighted by molar-refractivity contribution is 6.30. The van der Waals surface area contributed by atoms with Crippen molar-refractivity contribution < 1.29 is 9.84 Å². The summed E-state index contributed by atoms with van der Waals surface area (Å²) in [6.45, 7) is 2.72. The first-order valence-corrected chi connectivity index (χ1v) is 10.1. The lowest BCUT2D eigenvalue weighted by Gasteiger charge is -2.24. The highest BCUT2D eigenvalue weighted by Gasteiger charge is 2.25. The zero-order valence-corrected chi connectivity index (χ0v) is 16.9. The van der Waals surface area contributed by atoms with Crippen LogP contribution in [0.4, 0.5) is 5.95 Å². The molecule has 1 aromatic heterocycles. The summed E-state index contributed by atoms with van der Waals surface area (Å²) < 4.78 is 7.46. The van der Waals surface area contributed by atoms with Crippen molar-refractivity contribution in [3.05, 3.63) is 76.6 Å². The quantitative estimate of drug-likeness (QED) is 0.607. The average molecular weight is 411 g/mol. The predicted molar refractivity (Wildman–Crippen MR) is 114 cm³/mol. The lowest BCUT2D eigenvalue weighted by atomic mass is 10.0. The van der Waals surface area contributed by atoms with Gasteiger partial charge in [-0.3, -0.25) is 0 Å². The third-order valence-electron chi connectivity index (χ3n) is 4.76. The molecule has 0 saturated carbocycles. The number of rotatable bonds is 7. The number of ether oxygens (including phenoxy) is 1. The van der Waals surface area contributed by atoms with Gasteiger partial charge in [0.1, 0.15) is 11.8 Å². The number of allylic oxidation sites excluding steroid dienone is 1. The minimum atomic E-state index is -0.108. The number of nitrogens with zero attached hydrogens (tertiary/aromatic N) is 3. The van der Waals surface area contributed by atoms with Gasteiger partial charge in [0.15, 0.2) is 5.82 Å². The lowest BCUT2D eigenvalue weighted by Crippen LogP contribution is -2.20. The van der Waals surface area contributed by atoms with Gasteiger partial charge in [0, 0.05) is 23.7 Å². The average Bonchev–Trinajstić information content (AvgIpc) is 3.16. The highest BCUT2D eigenvalue weighted by atomic mass is 35.5. The van der Waals surface area contributed by atoms with Crippen LogP contribution in [0.25, 0.3) is 5.70 Å². The van der Waals surface area contributed by atoms with Crippen LogP contribution >= 0.6 is 11.6 Å². The first-order chi connectivity index (χ1) is 14.2. The van der Waals surface area contributed by atoms with E-state index in [1.807, 2.05) is 48.0 Å². The summed E-state index contributed by atoms with van der Waals surface area (Å²) >= 11 is 6.05. The molecule has 2 N–H and O–H groups in total. The van der Waals surface area contributed by atoms with Crippen LogP contribution in [0.5, 0.6) is 5.75 Å². The zero-order valence-electron chi connectivity index (χ0n) is 16.2. The fraction of sp³-hybridized carbons (Fsp3) is 0.273. The Kier molecular flexibility index (Phi) is 5.83. The van der Waals surface area contributed by atoms with Crippen LogP contribution in [0.15, 0.2) is 54.6 Å². The minimum Gasteiger partial charge on any atom is -0.494 e. The smallest absolute Gasteiger partial charge is 0.226 e. The molecule has 2 heterocycles. The Balaban J connectivity index is 1.72. The van der Waals surface area contributed by atoms with Crippen molar-refractivity contribution in [1.29, 1.82) is 0 Å². The van der Waals surface area contributed by atoms with Gasteiger partial charge in [-0.05, 0) is 54.8 Å². The predicted octanol–water partition coefficient (Wildman–Crippen LogP) is 4.31. The van der Waals surface area contributed by atoms with Crippen LogP contribution in [-0.4, -0.2) is 33.1 Å². The second-order valence-corrected chi connectivity index (χ2v) is 7.22. The number of nitrogens with one attached hydrogen (secondary N) is 1. The molecule has 6 nitrogen and oxygen atoms in total. The van der Waals surface area contributed by atoms with Gasteiger partial charge >= 0.3 is 0 Å². The van der Waals surface area contributed by atoms with Crippen LogP contribution in [0.2, 0.25) is 5.02 Å². The molecule has 29 heavy (non-hydrogen) atoms. The van der Waals surface area contributed by atoms with Crippen molar-refractivity contribution in [2.75, 3.05) is 18.5 Å². The number of hydrogen-bond donors (Lipinski definition) is 2. The maximum absolute atomic E-state index is 9.13. The van der Waals surface area contributed by atoms with Gasteiger partial charge in [-0.2, -0.15) is 10.1 Å². The Morgan fingerprint density at radius 2 is 1.90 bits per heavy atom. The van der Waals surface area contributed by atoms with E-state index in [9.17, 15) is 0 Å². The molecule has 0 aliphatic carbocycles. The fourth-order valence-electron chi connectivity index (χ4n) is 3.34. The SMILES string of the molecule is CCOc1ccc(C2C=C(c3ccc(Cl)cc3)Nc3nc(CCCO)nn32)cc1. The molecule has 0 saturated heterocycles. The van der Waals surface area contributed by atoms with Gasteiger partial charge in [0.05, 0.1) is 6.61 Å². The van der Waals surface area contributed by atoms with Crippen molar-refractivity contribution in [1.82, 2.24) is 14.8 Å². The summed E-state index contributed by atoms with van der Waals surface area (Å²) in [6, 6.07) is 15.6. The van der Waals surface area contributed by atoms with Crippen LogP contribution in [0.3, 0.4) is 0 Å². The monoisotopic (exact) mass is 410 g/mol. The van der Waals surface area contributed by atoms with Crippen molar-refractivity contribution in [3.63, 3.8) is 0 Å². The summed E-state index contributed by atoms with van der Waals surface area (Å²) in [6.07, 6.45) is 3.40. The standard InChI is InChI=1S/C22H23ClN4O2/c1-2-29-18-11-7-16(8-12-18)20-14-19(15-5-9-17(23)10-6-15)24-22-25-21(4-3-13-28)26-27(20)22/h5-12,14,20,28H,2-4,13H2,1H3,(H,24,25,26). The molecule has 1 unspecified atom stereocenters. The molecular weight excluding hydrogens is 388 g/mol. The second kappa shape index (κ2) is 8.68. The molecule has 3 aromatic rings. The number of aliphatic hydroxyl groups excluding tert-OH is 1. The molecule has 2 aromatic carbocycles. The maximum Gasteiger partial charge on any atom is 0.226 e. The number of fused-ring (bicyclic) bond motifs is 1. The van der Waals surface area contributed by atoms with Gasteiger partial charge in [0.25, 0.3) is 0 Å². The van der Waals surface area contributed by atoms with E-state index in [1.165, 1.54) is 0 Å². The number of aryl methyl sites for hydroxylation is 1. The van der Waals surface area contributed by atoms with Crippen molar-refractivity contribution in [2.45, 2.75) is 25.8 Å². The van der Waals surface area contributed by atoms with E-state index >= 15 is 0 Å². The number of hydrogen-bond acceptors (Lipinski definition) is 5. The Morgan fingerprint density at radius 3 is 2.59 bits per heavy atom. The number of aromatic nitrogens is 3. The summed E-state index contributed by atoms with van der Waals surface area (Å²) in [5.41, 5.74) is 3.06. The van der Waals surface area contributed by atoms with Gasteiger partial charge in [-0.1, -0.05) is 35.9 Å². The number of halogens is 1. The molecule has 0 bridgehead atoms. The normalized spacial score (nSPS) is 15.4. The molecule has 150 valence electrons. The fourth-order valence-corrected chi connectivity index (χ4v) is 3.47. The van der Waals surface area contributed by atoms with Crippen LogP contribution in [0.1, 0.15) is 36.3 Å². The van der Waals surface area contributed by atoms with Crippen molar-refractivity contribution in [3.8, 4) is 5.75 Å². The first kappa shape index (κ1) is 19.5. The van der Waals surface area contributed by atoms with E-state index in [0.717, 1.165) is 22.6 Å². The molecule has 0 radical (unpaired) electrons. The molecule has 0 amide bonds. The molecule has 0 spiro atoms. The summed E-state index contributed by atoms with van der Waals surface area (Å²) in [4.78, 5) is 4.64. The molecule has 7 heteroatoms. The van der Waals surface area contributed by atoms with Gasteiger partial charge in [-0.25, -0.2) is 4.68 Å². The number of aliphatic hydroxyl groups is 1. The molecule has 4 rings (SSSR count). The van der Waals surface area contributed by atoms with E-state index in [-0.39, 0.29) is 12.6 Å². The van der Waals surface area contributed by atoms with E-state index in [1.54, 1.807) is 0 Å². The van der Waals surface area contributed by atoms with Crippen LogP contribution < -0.4 is 10.1 Å².